The van der Waals surface area contributed by atoms with Crippen LogP contribution < -0.4 is 10.6 Å². The maximum Gasteiger partial charge on any atom is 0.224 e. The van der Waals surface area contributed by atoms with Crippen LogP contribution in [0.15, 0.2) is 18.2 Å². The van der Waals surface area contributed by atoms with Gasteiger partial charge in [-0.1, -0.05) is 19.9 Å². The molecule has 0 spiro atoms. The van der Waals surface area contributed by atoms with Gasteiger partial charge < -0.3 is 10.6 Å². The minimum absolute atomic E-state index is 0.0496. The van der Waals surface area contributed by atoms with E-state index < -0.39 is 9.84 Å². The Morgan fingerprint density at radius 2 is 1.95 bits per heavy atom. The number of aryl methyl sites for hydroxylation is 1. The van der Waals surface area contributed by atoms with Gasteiger partial charge in [0.15, 0.2) is 9.84 Å². The zero-order valence-corrected chi connectivity index (χ0v) is 13.9. The number of hydrogen-bond donors (Lipinski definition) is 2. The highest BCUT2D eigenvalue weighted by Crippen LogP contribution is 2.21. The Hall–Kier alpha value is -1.56. The first-order valence-electron chi connectivity index (χ1n) is 7.14. The van der Waals surface area contributed by atoms with Gasteiger partial charge in [-0.2, -0.15) is 0 Å². The first-order chi connectivity index (χ1) is 9.77. The minimum Gasteiger partial charge on any atom is -0.381 e. The van der Waals surface area contributed by atoms with Gasteiger partial charge >= 0.3 is 0 Å². The van der Waals surface area contributed by atoms with Gasteiger partial charge in [-0.25, -0.2) is 8.42 Å². The first kappa shape index (κ1) is 17.5. The Labute approximate surface area is 127 Å². The van der Waals surface area contributed by atoms with Crippen LogP contribution in [0, 0.1) is 6.92 Å². The van der Waals surface area contributed by atoms with E-state index in [4.69, 9.17) is 0 Å². The van der Waals surface area contributed by atoms with Crippen molar-refractivity contribution in [1.82, 2.24) is 0 Å². The van der Waals surface area contributed by atoms with Crippen LogP contribution in [-0.2, 0) is 14.6 Å². The van der Waals surface area contributed by atoms with Crippen molar-refractivity contribution in [1.29, 1.82) is 0 Å². The summed E-state index contributed by atoms with van der Waals surface area (Å²) in [6, 6.07) is 5.37. The average molecular weight is 312 g/mol. The molecule has 0 aromatic heterocycles. The SMILES string of the molecule is CCC(=O)Nc1ccc(C)c(NC(C)CS(=O)(=O)CC)c1. The average Bonchev–Trinajstić information content (AvgIpc) is 2.41. The maximum absolute atomic E-state index is 11.6. The number of anilines is 2. The van der Waals surface area contributed by atoms with Crippen LogP contribution in [0.4, 0.5) is 11.4 Å². The Morgan fingerprint density at radius 1 is 1.29 bits per heavy atom. The van der Waals surface area contributed by atoms with Crippen molar-refractivity contribution >= 4 is 27.1 Å². The lowest BCUT2D eigenvalue weighted by molar-refractivity contribution is -0.115. The molecule has 0 aliphatic carbocycles. The molecule has 1 aromatic rings. The molecular weight excluding hydrogens is 288 g/mol. The van der Waals surface area contributed by atoms with Gasteiger partial charge in [-0.05, 0) is 31.5 Å². The number of sulfone groups is 1. The molecular formula is C15H24N2O3S. The van der Waals surface area contributed by atoms with Crippen LogP contribution in [0.5, 0.6) is 0 Å². The van der Waals surface area contributed by atoms with Gasteiger partial charge in [0.1, 0.15) is 0 Å². The summed E-state index contributed by atoms with van der Waals surface area (Å²) in [5, 5.41) is 6.00. The summed E-state index contributed by atoms with van der Waals surface area (Å²) in [6.07, 6.45) is 0.418. The largest absolute Gasteiger partial charge is 0.381 e. The smallest absolute Gasteiger partial charge is 0.224 e. The third-order valence-corrected chi connectivity index (χ3v) is 5.08. The molecule has 21 heavy (non-hydrogen) atoms. The second kappa shape index (κ2) is 7.45. The number of carbonyl (C=O) groups is 1. The highest BCUT2D eigenvalue weighted by molar-refractivity contribution is 7.91. The summed E-state index contributed by atoms with van der Waals surface area (Å²) in [5.41, 5.74) is 2.55. The van der Waals surface area contributed by atoms with Crippen molar-refractivity contribution in [3.63, 3.8) is 0 Å². The van der Waals surface area contributed by atoms with Gasteiger partial charge in [-0.3, -0.25) is 4.79 Å². The van der Waals surface area contributed by atoms with E-state index in [0.29, 0.717) is 12.1 Å². The number of amides is 1. The number of nitrogens with one attached hydrogen (secondary N) is 2. The van der Waals surface area contributed by atoms with Crippen LogP contribution in [0.1, 0.15) is 32.8 Å². The van der Waals surface area contributed by atoms with E-state index in [2.05, 4.69) is 10.6 Å². The Balaban J connectivity index is 2.82. The summed E-state index contributed by atoms with van der Waals surface area (Å²) < 4.78 is 23.3. The fraction of sp³-hybridized carbons (Fsp3) is 0.533. The van der Waals surface area contributed by atoms with Gasteiger partial charge in [0, 0.05) is 29.6 Å². The number of carbonyl (C=O) groups excluding carboxylic acids is 1. The highest BCUT2D eigenvalue weighted by Gasteiger charge is 2.14. The van der Waals surface area contributed by atoms with Crippen LogP contribution in [-0.4, -0.2) is 31.9 Å². The third-order valence-electron chi connectivity index (χ3n) is 3.19. The van der Waals surface area contributed by atoms with E-state index in [1.165, 1.54) is 0 Å². The van der Waals surface area contributed by atoms with Crippen LogP contribution in [0.2, 0.25) is 0 Å². The quantitative estimate of drug-likeness (QED) is 0.811. The van der Waals surface area contributed by atoms with E-state index >= 15 is 0 Å². The molecule has 0 saturated carbocycles. The lowest BCUT2D eigenvalue weighted by Crippen LogP contribution is -2.27. The summed E-state index contributed by atoms with van der Waals surface area (Å²) in [4.78, 5) is 11.4. The number of hydrogen-bond acceptors (Lipinski definition) is 4. The van der Waals surface area contributed by atoms with E-state index in [-0.39, 0.29) is 23.5 Å². The Bertz CT molecular complexity index is 597. The molecule has 1 amide bonds. The van der Waals surface area contributed by atoms with E-state index in [9.17, 15) is 13.2 Å². The standard InChI is InChI=1S/C15H24N2O3S/c1-5-15(18)17-13-8-7-11(3)14(9-13)16-12(4)10-21(19,20)6-2/h7-9,12,16H,5-6,10H2,1-4H3,(H,17,18). The zero-order valence-electron chi connectivity index (χ0n) is 13.1. The molecule has 1 unspecified atom stereocenters. The van der Waals surface area contributed by atoms with Gasteiger partial charge in [0.05, 0.1) is 5.75 Å². The topological polar surface area (TPSA) is 75.3 Å². The van der Waals surface area contributed by atoms with Crippen LogP contribution in [0.25, 0.3) is 0 Å². The number of benzene rings is 1. The normalized spacial score (nSPS) is 12.8. The molecule has 1 rings (SSSR count). The number of rotatable bonds is 7. The van der Waals surface area contributed by atoms with E-state index in [1.54, 1.807) is 13.8 Å². The van der Waals surface area contributed by atoms with Crippen molar-refractivity contribution in [2.24, 2.45) is 0 Å². The van der Waals surface area contributed by atoms with Crippen LogP contribution in [0.3, 0.4) is 0 Å². The second-order valence-electron chi connectivity index (χ2n) is 5.18. The third kappa shape index (κ3) is 5.75. The fourth-order valence-electron chi connectivity index (χ4n) is 1.91. The summed E-state index contributed by atoms with van der Waals surface area (Å²) in [5.74, 6) is 0.186. The zero-order chi connectivity index (χ0) is 16.0. The summed E-state index contributed by atoms with van der Waals surface area (Å²) in [6.45, 7) is 7.22. The minimum atomic E-state index is -3.02. The van der Waals surface area contributed by atoms with Crippen molar-refractivity contribution < 1.29 is 13.2 Å². The molecule has 0 aliphatic heterocycles. The molecule has 0 radical (unpaired) electrons. The van der Waals surface area contributed by atoms with Crippen molar-refractivity contribution in [3.05, 3.63) is 23.8 Å². The fourth-order valence-corrected chi connectivity index (χ4v) is 2.99. The molecule has 1 aromatic carbocycles. The van der Waals surface area contributed by atoms with Crippen molar-refractivity contribution in [3.8, 4) is 0 Å². The van der Waals surface area contributed by atoms with Crippen LogP contribution >= 0.6 is 0 Å². The predicted octanol–water partition coefficient (Wildman–Crippen LogP) is 2.58. The Kier molecular flexibility index (Phi) is 6.20. The molecule has 6 heteroatoms. The summed E-state index contributed by atoms with van der Waals surface area (Å²) in [7, 11) is -3.02. The lowest BCUT2D eigenvalue weighted by Gasteiger charge is -2.18. The molecule has 5 nitrogen and oxygen atoms in total. The molecule has 1 atom stereocenters. The Morgan fingerprint density at radius 3 is 2.52 bits per heavy atom. The molecule has 0 bridgehead atoms. The van der Waals surface area contributed by atoms with Gasteiger partial charge in [0.2, 0.25) is 5.91 Å². The van der Waals surface area contributed by atoms with Gasteiger partial charge in [-0.15, -0.1) is 0 Å². The highest BCUT2D eigenvalue weighted by atomic mass is 32.2. The van der Waals surface area contributed by atoms with E-state index in [0.717, 1.165) is 11.3 Å². The first-order valence-corrected chi connectivity index (χ1v) is 8.97. The predicted molar refractivity (Wildman–Crippen MR) is 87.5 cm³/mol. The van der Waals surface area contributed by atoms with E-state index in [1.807, 2.05) is 32.0 Å². The lowest BCUT2D eigenvalue weighted by atomic mass is 10.1. The monoisotopic (exact) mass is 312 g/mol. The molecule has 0 saturated heterocycles. The molecule has 0 fully saturated rings. The molecule has 0 aliphatic rings. The summed E-state index contributed by atoms with van der Waals surface area (Å²) >= 11 is 0. The molecule has 0 heterocycles. The van der Waals surface area contributed by atoms with Crippen molar-refractivity contribution in [2.45, 2.75) is 40.2 Å². The molecule has 118 valence electrons. The van der Waals surface area contributed by atoms with Crippen molar-refractivity contribution in [2.75, 3.05) is 22.1 Å². The maximum atomic E-state index is 11.6. The molecule has 2 N–H and O–H groups in total. The van der Waals surface area contributed by atoms with Gasteiger partial charge in [0.25, 0.3) is 0 Å². The second-order valence-corrected chi connectivity index (χ2v) is 7.57.